The van der Waals surface area contributed by atoms with Crippen LogP contribution in [-0.2, 0) is 0 Å². The van der Waals surface area contributed by atoms with Crippen LogP contribution in [0.5, 0.6) is 0 Å². The van der Waals surface area contributed by atoms with Gasteiger partial charge >= 0.3 is 0 Å². The Morgan fingerprint density at radius 3 is 2.38 bits per heavy atom. The summed E-state index contributed by atoms with van der Waals surface area (Å²) < 4.78 is 0. The SMILES string of the molecule is CCCNN(C(C)C)C1CCCC1. The van der Waals surface area contributed by atoms with Crippen LogP contribution < -0.4 is 5.43 Å². The van der Waals surface area contributed by atoms with E-state index in [2.05, 4.69) is 31.2 Å². The quantitative estimate of drug-likeness (QED) is 0.661. The lowest BCUT2D eigenvalue weighted by Crippen LogP contribution is -2.48. The number of nitrogens with zero attached hydrogens (tertiary/aromatic N) is 1. The van der Waals surface area contributed by atoms with Crippen LogP contribution in [0.25, 0.3) is 0 Å². The Morgan fingerprint density at radius 2 is 1.92 bits per heavy atom. The minimum absolute atomic E-state index is 0.634. The van der Waals surface area contributed by atoms with Crippen LogP contribution in [0.2, 0.25) is 0 Å². The lowest BCUT2D eigenvalue weighted by Gasteiger charge is -2.32. The van der Waals surface area contributed by atoms with Crippen LogP contribution in [-0.4, -0.2) is 23.6 Å². The first kappa shape index (κ1) is 11.0. The van der Waals surface area contributed by atoms with E-state index in [1.807, 2.05) is 0 Å². The molecule has 2 heteroatoms. The Labute approximate surface area is 82.7 Å². The maximum Gasteiger partial charge on any atom is 0.0246 e. The normalized spacial score (nSPS) is 19.2. The van der Waals surface area contributed by atoms with Crippen molar-refractivity contribution in [3.05, 3.63) is 0 Å². The van der Waals surface area contributed by atoms with E-state index in [-0.39, 0.29) is 0 Å². The molecule has 2 nitrogen and oxygen atoms in total. The van der Waals surface area contributed by atoms with E-state index in [1.54, 1.807) is 0 Å². The molecule has 0 unspecified atom stereocenters. The van der Waals surface area contributed by atoms with Gasteiger partial charge in [-0.05, 0) is 33.1 Å². The van der Waals surface area contributed by atoms with E-state index in [0.29, 0.717) is 6.04 Å². The molecule has 78 valence electrons. The molecule has 1 fully saturated rings. The summed E-state index contributed by atoms with van der Waals surface area (Å²) in [6.45, 7) is 7.90. The van der Waals surface area contributed by atoms with Gasteiger partial charge in [-0.2, -0.15) is 0 Å². The van der Waals surface area contributed by atoms with Crippen molar-refractivity contribution in [3.63, 3.8) is 0 Å². The van der Waals surface area contributed by atoms with E-state index in [4.69, 9.17) is 0 Å². The zero-order valence-electron chi connectivity index (χ0n) is 9.34. The second kappa shape index (κ2) is 5.61. The maximum absolute atomic E-state index is 3.54. The van der Waals surface area contributed by atoms with Crippen molar-refractivity contribution in [1.82, 2.24) is 10.4 Å². The molecule has 1 saturated carbocycles. The van der Waals surface area contributed by atoms with Crippen molar-refractivity contribution in [2.45, 2.75) is 65.0 Å². The van der Waals surface area contributed by atoms with Crippen molar-refractivity contribution in [2.24, 2.45) is 0 Å². The number of hydrogen-bond acceptors (Lipinski definition) is 2. The van der Waals surface area contributed by atoms with Crippen molar-refractivity contribution < 1.29 is 0 Å². The van der Waals surface area contributed by atoms with Gasteiger partial charge in [-0.25, -0.2) is 5.01 Å². The number of rotatable bonds is 5. The summed E-state index contributed by atoms with van der Waals surface area (Å²) in [5, 5.41) is 2.47. The second-order valence-electron chi connectivity index (χ2n) is 4.35. The van der Waals surface area contributed by atoms with Gasteiger partial charge in [0.2, 0.25) is 0 Å². The van der Waals surface area contributed by atoms with Crippen molar-refractivity contribution >= 4 is 0 Å². The van der Waals surface area contributed by atoms with Gasteiger partial charge in [0, 0.05) is 18.6 Å². The predicted molar refractivity (Wildman–Crippen MR) is 57.5 cm³/mol. The van der Waals surface area contributed by atoms with Crippen LogP contribution in [0.1, 0.15) is 52.9 Å². The van der Waals surface area contributed by atoms with E-state index >= 15 is 0 Å². The highest BCUT2D eigenvalue weighted by Gasteiger charge is 2.23. The molecule has 0 atom stereocenters. The smallest absolute Gasteiger partial charge is 0.0246 e. The standard InChI is InChI=1S/C11H24N2/c1-4-9-12-13(10(2)3)11-7-5-6-8-11/h10-12H,4-9H2,1-3H3. The van der Waals surface area contributed by atoms with Gasteiger partial charge in [-0.1, -0.05) is 19.8 Å². The molecular formula is C11H24N2. The molecule has 0 aromatic carbocycles. The Hall–Kier alpha value is -0.0800. The highest BCUT2D eigenvalue weighted by Crippen LogP contribution is 2.23. The van der Waals surface area contributed by atoms with E-state index in [0.717, 1.165) is 12.6 Å². The van der Waals surface area contributed by atoms with Gasteiger partial charge in [-0.3, -0.25) is 5.43 Å². The first-order valence-corrected chi connectivity index (χ1v) is 5.77. The molecule has 13 heavy (non-hydrogen) atoms. The number of nitrogens with one attached hydrogen (secondary N) is 1. The van der Waals surface area contributed by atoms with Gasteiger partial charge in [0.25, 0.3) is 0 Å². The summed E-state index contributed by atoms with van der Waals surface area (Å²) in [6.07, 6.45) is 6.82. The Bertz CT molecular complexity index is 128. The molecule has 0 bridgehead atoms. The summed E-state index contributed by atoms with van der Waals surface area (Å²) in [5.41, 5.74) is 3.54. The Balaban J connectivity index is 2.36. The largest absolute Gasteiger partial charge is 0.255 e. The predicted octanol–water partition coefficient (Wildman–Crippen LogP) is 2.55. The third-order valence-electron chi connectivity index (χ3n) is 2.82. The highest BCUT2D eigenvalue weighted by molar-refractivity contribution is 4.77. The summed E-state index contributed by atoms with van der Waals surface area (Å²) in [7, 11) is 0. The topological polar surface area (TPSA) is 15.3 Å². The van der Waals surface area contributed by atoms with Crippen molar-refractivity contribution in [3.8, 4) is 0 Å². The van der Waals surface area contributed by atoms with Gasteiger partial charge < -0.3 is 0 Å². The highest BCUT2D eigenvalue weighted by atomic mass is 15.5. The van der Waals surface area contributed by atoms with Gasteiger partial charge in [0.05, 0.1) is 0 Å². The fourth-order valence-corrected chi connectivity index (χ4v) is 2.16. The molecule has 0 saturated heterocycles. The van der Waals surface area contributed by atoms with Crippen LogP contribution in [0.3, 0.4) is 0 Å². The molecule has 0 radical (unpaired) electrons. The molecule has 0 amide bonds. The zero-order valence-corrected chi connectivity index (χ0v) is 9.34. The minimum Gasteiger partial charge on any atom is -0.255 e. The molecule has 1 rings (SSSR count). The van der Waals surface area contributed by atoms with E-state index in [1.165, 1.54) is 32.1 Å². The number of hydrazine groups is 1. The molecule has 0 aromatic heterocycles. The minimum atomic E-state index is 0.634. The molecular weight excluding hydrogens is 160 g/mol. The fraction of sp³-hybridized carbons (Fsp3) is 1.00. The van der Waals surface area contributed by atoms with Crippen LogP contribution in [0.15, 0.2) is 0 Å². The molecule has 0 aliphatic heterocycles. The average Bonchev–Trinajstić information content (AvgIpc) is 2.57. The average molecular weight is 184 g/mol. The summed E-state index contributed by atoms with van der Waals surface area (Å²) in [4.78, 5) is 0. The number of hydrogen-bond donors (Lipinski definition) is 1. The van der Waals surface area contributed by atoms with Crippen molar-refractivity contribution in [2.75, 3.05) is 6.54 Å². The lowest BCUT2D eigenvalue weighted by molar-refractivity contribution is 0.0875. The van der Waals surface area contributed by atoms with Crippen LogP contribution >= 0.6 is 0 Å². The van der Waals surface area contributed by atoms with Crippen LogP contribution in [0.4, 0.5) is 0 Å². The van der Waals surface area contributed by atoms with E-state index in [9.17, 15) is 0 Å². The third-order valence-corrected chi connectivity index (χ3v) is 2.82. The van der Waals surface area contributed by atoms with Gasteiger partial charge in [0.1, 0.15) is 0 Å². The van der Waals surface area contributed by atoms with Gasteiger partial charge in [0.15, 0.2) is 0 Å². The third kappa shape index (κ3) is 3.28. The lowest BCUT2D eigenvalue weighted by atomic mass is 10.2. The first-order chi connectivity index (χ1) is 6.25. The van der Waals surface area contributed by atoms with E-state index < -0.39 is 0 Å². The molecule has 0 aromatic rings. The first-order valence-electron chi connectivity index (χ1n) is 5.77. The maximum atomic E-state index is 3.54. The summed E-state index contributed by atoms with van der Waals surface area (Å²) >= 11 is 0. The molecule has 1 aliphatic carbocycles. The molecule has 0 heterocycles. The molecule has 1 aliphatic rings. The summed E-state index contributed by atoms with van der Waals surface area (Å²) in [5.74, 6) is 0. The zero-order chi connectivity index (χ0) is 9.68. The summed E-state index contributed by atoms with van der Waals surface area (Å²) in [6, 6.07) is 1.43. The molecule has 1 N–H and O–H groups in total. The Kier molecular flexibility index (Phi) is 4.74. The second-order valence-corrected chi connectivity index (χ2v) is 4.35. The van der Waals surface area contributed by atoms with Gasteiger partial charge in [-0.15, -0.1) is 0 Å². The monoisotopic (exact) mass is 184 g/mol. The van der Waals surface area contributed by atoms with Crippen LogP contribution in [0, 0.1) is 0 Å². The molecule has 0 spiro atoms. The fourth-order valence-electron chi connectivity index (χ4n) is 2.16. The van der Waals surface area contributed by atoms with Crippen molar-refractivity contribution in [1.29, 1.82) is 0 Å². The Morgan fingerprint density at radius 1 is 1.31 bits per heavy atom.